The summed E-state index contributed by atoms with van der Waals surface area (Å²) in [7, 11) is 0. The Morgan fingerprint density at radius 2 is 2.00 bits per heavy atom. The summed E-state index contributed by atoms with van der Waals surface area (Å²) < 4.78 is 13.5. The van der Waals surface area contributed by atoms with Gasteiger partial charge in [0.15, 0.2) is 0 Å². The van der Waals surface area contributed by atoms with Crippen LogP contribution in [-0.2, 0) is 6.42 Å². The fourth-order valence-corrected chi connectivity index (χ4v) is 2.11. The smallest absolute Gasteiger partial charge is 0.126 e. The maximum Gasteiger partial charge on any atom is 0.126 e. The van der Waals surface area contributed by atoms with E-state index >= 15 is 0 Å². The molecule has 0 saturated carbocycles. The molecular weight excluding hydrogens is 249 g/mol. The van der Waals surface area contributed by atoms with Crippen molar-refractivity contribution in [3.05, 3.63) is 34.6 Å². The number of hydrogen-bond acceptors (Lipinski definition) is 1. The average Bonchev–Trinajstić information content (AvgIpc) is 2.29. The van der Waals surface area contributed by atoms with E-state index in [0.717, 1.165) is 31.5 Å². The van der Waals surface area contributed by atoms with E-state index in [-0.39, 0.29) is 5.82 Å². The van der Waals surface area contributed by atoms with Gasteiger partial charge in [-0.05, 0) is 61.5 Å². The monoisotopic (exact) mass is 271 g/mol. The van der Waals surface area contributed by atoms with Gasteiger partial charge in [-0.3, -0.25) is 0 Å². The lowest BCUT2D eigenvalue weighted by molar-refractivity contribution is 0.467. The molecule has 1 aromatic rings. The van der Waals surface area contributed by atoms with Gasteiger partial charge in [-0.2, -0.15) is 0 Å². The van der Waals surface area contributed by atoms with Crippen LogP contribution in [0.2, 0.25) is 5.02 Å². The molecule has 0 aliphatic carbocycles. The van der Waals surface area contributed by atoms with E-state index in [9.17, 15) is 4.39 Å². The second-order valence-electron chi connectivity index (χ2n) is 5.43. The fourth-order valence-electron chi connectivity index (χ4n) is 1.92. The summed E-state index contributed by atoms with van der Waals surface area (Å²) in [6, 6.07) is 4.77. The van der Waals surface area contributed by atoms with Crippen LogP contribution in [0, 0.1) is 17.7 Å². The van der Waals surface area contributed by atoms with Crippen molar-refractivity contribution in [1.29, 1.82) is 0 Å². The molecule has 0 radical (unpaired) electrons. The number of hydrogen-bond donors (Lipinski definition) is 1. The van der Waals surface area contributed by atoms with Crippen molar-refractivity contribution in [2.24, 2.45) is 11.8 Å². The van der Waals surface area contributed by atoms with Crippen molar-refractivity contribution in [3.8, 4) is 0 Å². The lowest BCUT2D eigenvalue weighted by atomic mass is 9.97. The molecule has 0 aliphatic heterocycles. The zero-order valence-corrected chi connectivity index (χ0v) is 12.2. The van der Waals surface area contributed by atoms with Crippen molar-refractivity contribution < 1.29 is 4.39 Å². The molecule has 1 atom stereocenters. The number of benzene rings is 1. The minimum Gasteiger partial charge on any atom is -0.316 e. The van der Waals surface area contributed by atoms with Crippen LogP contribution < -0.4 is 5.32 Å². The highest BCUT2D eigenvalue weighted by atomic mass is 35.5. The molecule has 102 valence electrons. The largest absolute Gasteiger partial charge is 0.316 e. The van der Waals surface area contributed by atoms with Gasteiger partial charge in [-0.1, -0.05) is 32.4 Å². The Morgan fingerprint density at radius 3 is 2.67 bits per heavy atom. The summed E-state index contributed by atoms with van der Waals surface area (Å²) >= 11 is 5.88. The third-order valence-electron chi connectivity index (χ3n) is 2.94. The molecule has 18 heavy (non-hydrogen) atoms. The van der Waals surface area contributed by atoms with Crippen LogP contribution in [0.4, 0.5) is 4.39 Å². The molecular formula is C15H23ClFN. The Labute approximate surface area is 115 Å². The number of rotatable bonds is 7. The first-order chi connectivity index (χ1) is 8.49. The van der Waals surface area contributed by atoms with Gasteiger partial charge in [0.25, 0.3) is 0 Å². The Balaban J connectivity index is 2.35. The van der Waals surface area contributed by atoms with Crippen LogP contribution in [0.5, 0.6) is 0 Å². The predicted octanol–water partition coefficient (Wildman–Crippen LogP) is 4.29. The summed E-state index contributed by atoms with van der Waals surface area (Å²) in [4.78, 5) is 0. The highest BCUT2D eigenvalue weighted by Crippen LogP contribution is 2.19. The molecule has 0 saturated heterocycles. The summed E-state index contributed by atoms with van der Waals surface area (Å²) in [5.74, 6) is 0.977. The molecule has 0 aliphatic rings. The molecule has 0 bridgehead atoms. The van der Waals surface area contributed by atoms with Gasteiger partial charge >= 0.3 is 0 Å². The zero-order chi connectivity index (χ0) is 13.5. The second-order valence-corrected chi connectivity index (χ2v) is 5.87. The first-order valence-electron chi connectivity index (χ1n) is 6.63. The molecule has 1 rings (SSSR count). The van der Waals surface area contributed by atoms with Gasteiger partial charge < -0.3 is 5.32 Å². The van der Waals surface area contributed by atoms with E-state index in [1.807, 2.05) is 0 Å². The summed E-state index contributed by atoms with van der Waals surface area (Å²) in [5.41, 5.74) is 0.721. The van der Waals surface area contributed by atoms with Crippen molar-refractivity contribution in [3.63, 3.8) is 0 Å². The predicted molar refractivity (Wildman–Crippen MR) is 76.6 cm³/mol. The topological polar surface area (TPSA) is 12.0 Å². The van der Waals surface area contributed by atoms with Gasteiger partial charge in [0.1, 0.15) is 5.82 Å². The molecule has 0 fully saturated rings. The Bertz CT molecular complexity index is 366. The van der Waals surface area contributed by atoms with Gasteiger partial charge in [0.2, 0.25) is 0 Å². The third-order valence-corrected chi connectivity index (χ3v) is 3.18. The summed E-state index contributed by atoms with van der Waals surface area (Å²) in [6.45, 7) is 8.56. The Hall–Kier alpha value is -0.600. The highest BCUT2D eigenvalue weighted by molar-refractivity contribution is 6.30. The number of halogens is 2. The molecule has 1 unspecified atom stereocenters. The highest BCUT2D eigenvalue weighted by Gasteiger charge is 2.08. The molecule has 0 amide bonds. The summed E-state index contributed by atoms with van der Waals surface area (Å²) in [5, 5.41) is 4.02. The quantitative estimate of drug-likeness (QED) is 0.730. The van der Waals surface area contributed by atoms with E-state index in [4.69, 9.17) is 11.6 Å². The lowest BCUT2D eigenvalue weighted by Gasteiger charge is -2.13. The van der Waals surface area contributed by atoms with Crippen LogP contribution in [0.15, 0.2) is 18.2 Å². The van der Waals surface area contributed by atoms with E-state index in [1.165, 1.54) is 6.07 Å². The maximum atomic E-state index is 13.5. The van der Waals surface area contributed by atoms with E-state index in [2.05, 4.69) is 26.1 Å². The maximum absolute atomic E-state index is 13.5. The normalized spacial score (nSPS) is 13.0. The van der Waals surface area contributed by atoms with Crippen LogP contribution in [0.1, 0.15) is 32.8 Å². The first-order valence-corrected chi connectivity index (χ1v) is 7.01. The van der Waals surface area contributed by atoms with E-state index in [1.54, 1.807) is 12.1 Å². The molecule has 0 heterocycles. The van der Waals surface area contributed by atoms with Gasteiger partial charge in [0.05, 0.1) is 0 Å². The van der Waals surface area contributed by atoms with Gasteiger partial charge in [0, 0.05) is 5.02 Å². The summed E-state index contributed by atoms with van der Waals surface area (Å²) in [6.07, 6.45) is 1.80. The van der Waals surface area contributed by atoms with Crippen molar-refractivity contribution in [2.75, 3.05) is 13.1 Å². The molecule has 1 aromatic carbocycles. The standard InChI is InChI=1S/C15H23ClFN/c1-11(2)10-18-7-6-12(3)8-13-9-14(16)4-5-15(13)17/h4-5,9,11-12,18H,6-8,10H2,1-3H3. The SMILES string of the molecule is CC(C)CNCCC(C)Cc1cc(Cl)ccc1F. The Kier molecular flexibility index (Phi) is 6.66. The van der Waals surface area contributed by atoms with Gasteiger partial charge in [-0.15, -0.1) is 0 Å². The molecule has 1 nitrogen and oxygen atoms in total. The fraction of sp³-hybridized carbons (Fsp3) is 0.600. The molecule has 0 aromatic heterocycles. The first kappa shape index (κ1) is 15.5. The minimum absolute atomic E-state index is 0.151. The van der Waals surface area contributed by atoms with Crippen LogP contribution >= 0.6 is 11.6 Å². The Morgan fingerprint density at radius 1 is 1.28 bits per heavy atom. The molecule has 3 heteroatoms. The van der Waals surface area contributed by atoms with Crippen LogP contribution in [0.3, 0.4) is 0 Å². The van der Waals surface area contributed by atoms with Crippen molar-refractivity contribution in [1.82, 2.24) is 5.32 Å². The van der Waals surface area contributed by atoms with Crippen LogP contribution in [-0.4, -0.2) is 13.1 Å². The molecule has 0 spiro atoms. The van der Waals surface area contributed by atoms with E-state index < -0.39 is 0 Å². The average molecular weight is 272 g/mol. The van der Waals surface area contributed by atoms with Gasteiger partial charge in [-0.25, -0.2) is 4.39 Å². The molecule has 1 N–H and O–H groups in total. The third kappa shape index (κ3) is 5.83. The zero-order valence-electron chi connectivity index (χ0n) is 11.5. The lowest BCUT2D eigenvalue weighted by Crippen LogP contribution is -2.22. The second kappa shape index (κ2) is 7.75. The van der Waals surface area contributed by atoms with Crippen molar-refractivity contribution in [2.45, 2.75) is 33.6 Å². The van der Waals surface area contributed by atoms with Crippen molar-refractivity contribution >= 4 is 11.6 Å². The van der Waals surface area contributed by atoms with E-state index in [0.29, 0.717) is 16.9 Å². The minimum atomic E-state index is -0.151. The number of nitrogens with one attached hydrogen (secondary N) is 1. The van der Waals surface area contributed by atoms with Crippen LogP contribution in [0.25, 0.3) is 0 Å².